The Kier molecular flexibility index (Phi) is 8.74. The molecule has 0 spiro atoms. The fourth-order valence-electron chi connectivity index (χ4n) is 3.78. The van der Waals surface area contributed by atoms with Gasteiger partial charge in [-0.2, -0.15) is 0 Å². The van der Waals surface area contributed by atoms with Gasteiger partial charge in [0.1, 0.15) is 0 Å². The van der Waals surface area contributed by atoms with E-state index in [0.717, 1.165) is 6.41 Å². The molecule has 1 atom stereocenters. The van der Waals surface area contributed by atoms with Crippen LogP contribution in [0.3, 0.4) is 0 Å². The number of hydrogen-bond donors (Lipinski definition) is 1. The van der Waals surface area contributed by atoms with Crippen LogP contribution in [0.25, 0.3) is 6.08 Å². The van der Waals surface area contributed by atoms with Gasteiger partial charge in [0.25, 0.3) is 0 Å². The third-order valence-corrected chi connectivity index (χ3v) is 18.4. The minimum absolute atomic E-state index is 0. The molecule has 2 nitrogen and oxygen atoms in total. The van der Waals surface area contributed by atoms with Crippen molar-refractivity contribution in [3.8, 4) is 0 Å². The Morgan fingerprint density at radius 1 is 0.786 bits per heavy atom. The van der Waals surface area contributed by atoms with Crippen LogP contribution in [-0.4, -0.2) is 13.1 Å². The van der Waals surface area contributed by atoms with Gasteiger partial charge in [0.2, 0.25) is 0 Å². The Morgan fingerprint density at radius 3 is 1.89 bits per heavy atom. The number of rotatable bonds is 6. The van der Waals surface area contributed by atoms with Gasteiger partial charge in [-0.25, -0.2) is 0 Å². The Morgan fingerprint density at radius 2 is 1.32 bits per heavy atom. The fourth-order valence-corrected chi connectivity index (χ4v) is 17.6. The summed E-state index contributed by atoms with van der Waals surface area (Å²) in [7, 11) is 0. The minimum Gasteiger partial charge on any atom is -1.00 e. The van der Waals surface area contributed by atoms with E-state index < -0.39 is 24.0 Å². The average molecular weight is 461 g/mol. The number of allylic oxidation sites excluding steroid dienone is 1. The first-order valence-electron chi connectivity index (χ1n) is 8.82. The van der Waals surface area contributed by atoms with Crippen LogP contribution in [0.2, 0.25) is 0 Å². The summed E-state index contributed by atoms with van der Waals surface area (Å²) < 4.78 is 3.73. The van der Waals surface area contributed by atoms with Crippen LogP contribution in [0, 0.1) is 0 Å². The van der Waals surface area contributed by atoms with Crippen LogP contribution < -0.4 is 39.0 Å². The first kappa shape index (κ1) is 22.7. The summed E-state index contributed by atoms with van der Waals surface area (Å²) in [5.74, 6) is 0. The summed E-state index contributed by atoms with van der Waals surface area (Å²) in [6.07, 6.45) is 5.49. The van der Waals surface area contributed by atoms with Gasteiger partial charge in [-0.15, -0.1) is 0 Å². The predicted molar refractivity (Wildman–Crippen MR) is 107 cm³/mol. The molecule has 0 aromatic heterocycles. The van der Waals surface area contributed by atoms with Crippen molar-refractivity contribution in [3.05, 3.63) is 102 Å². The Labute approximate surface area is 185 Å². The largest absolute Gasteiger partial charge is 1.00 e. The van der Waals surface area contributed by atoms with Crippen molar-refractivity contribution in [2.24, 2.45) is 0 Å². The van der Waals surface area contributed by atoms with E-state index in [4.69, 9.17) is 0 Å². The number of carbonyl (C=O) groups is 1. The Balaban J connectivity index is 0.00000140. The van der Waals surface area contributed by atoms with Gasteiger partial charge in [-0.3, -0.25) is 0 Å². The van der Waals surface area contributed by atoms with Crippen LogP contribution >= 0.6 is 0 Å². The first-order valence-corrected chi connectivity index (χ1v) is 14.9. The molecule has 1 N–H and O–H groups in total. The van der Waals surface area contributed by atoms with Gasteiger partial charge < -0.3 is 24.8 Å². The van der Waals surface area contributed by atoms with Crippen molar-refractivity contribution in [1.29, 1.82) is 0 Å². The summed E-state index contributed by atoms with van der Waals surface area (Å²) in [6, 6.07) is 30.2. The zero-order valence-corrected chi connectivity index (χ0v) is 19.4. The first-order chi connectivity index (χ1) is 12.9. The number of hydrogen-bond acceptors (Lipinski definition) is 1. The zero-order chi connectivity index (χ0) is 17.8. The van der Waals surface area contributed by atoms with E-state index in [-0.39, 0.29) is 24.8 Å². The van der Waals surface area contributed by atoms with Crippen molar-refractivity contribution in [2.75, 3.05) is 0 Å². The molecule has 0 saturated carbocycles. The van der Waals surface area contributed by atoms with Crippen molar-refractivity contribution in [2.45, 2.75) is 4.22 Å². The van der Waals surface area contributed by atoms with Gasteiger partial charge in [0.05, 0.1) is 0 Å². The SMILES string of the molecule is O=C[NH][Ti+2]([CH]1C=Cc2ccccc21)[SiH](c1ccccc1)c1ccccc1.[Cl-].[Cl-]. The molecule has 1 unspecified atom stereocenters. The van der Waals surface area contributed by atoms with Crippen LogP contribution in [0.5, 0.6) is 0 Å². The average Bonchev–Trinajstić information content (AvgIpc) is 3.13. The van der Waals surface area contributed by atoms with Gasteiger partial charge in [-0.1, -0.05) is 0 Å². The molecule has 28 heavy (non-hydrogen) atoms. The van der Waals surface area contributed by atoms with E-state index in [1.54, 1.807) is 0 Å². The molecule has 0 aliphatic heterocycles. The molecule has 0 radical (unpaired) electrons. The van der Waals surface area contributed by atoms with Crippen molar-refractivity contribution >= 4 is 29.5 Å². The summed E-state index contributed by atoms with van der Waals surface area (Å²) in [6.45, 7) is -1.52. The smallest absolute Gasteiger partial charge is 1.00 e. The molecule has 6 heteroatoms. The number of fused-ring (bicyclic) bond motifs is 1. The number of halogens is 2. The minimum atomic E-state index is -2.01. The maximum atomic E-state index is 11.6. The molecular weight excluding hydrogens is 441 g/mol. The van der Waals surface area contributed by atoms with E-state index in [0.29, 0.717) is 4.22 Å². The molecule has 0 bridgehead atoms. The summed E-state index contributed by atoms with van der Waals surface area (Å²) in [5, 5.41) is 2.83. The van der Waals surface area contributed by atoms with E-state index in [1.807, 2.05) is 0 Å². The summed E-state index contributed by atoms with van der Waals surface area (Å²) >= 11 is -2.01. The molecule has 1 aliphatic rings. The zero-order valence-electron chi connectivity index (χ0n) is 15.1. The van der Waals surface area contributed by atoms with Crippen molar-refractivity contribution in [1.82, 2.24) is 3.80 Å². The van der Waals surface area contributed by atoms with Crippen LogP contribution in [0.15, 0.2) is 91.0 Å². The van der Waals surface area contributed by atoms with Gasteiger partial charge in [0.15, 0.2) is 0 Å². The Hall–Kier alpha value is -1.62. The molecule has 4 rings (SSSR count). The van der Waals surface area contributed by atoms with E-state index in [1.165, 1.54) is 21.5 Å². The second kappa shape index (κ2) is 10.8. The van der Waals surface area contributed by atoms with Crippen LogP contribution in [-0.2, 0) is 22.2 Å². The maximum Gasteiger partial charge on any atom is -1.00 e. The molecule has 3 aromatic rings. The summed E-state index contributed by atoms with van der Waals surface area (Å²) in [5.41, 5.74) is 2.67. The molecule has 3 aromatic carbocycles. The second-order valence-corrected chi connectivity index (χ2v) is 16.8. The Bertz CT molecular complexity index is 885. The van der Waals surface area contributed by atoms with E-state index in [2.05, 4.69) is 101 Å². The second-order valence-electron chi connectivity index (χ2n) is 6.44. The van der Waals surface area contributed by atoms with Crippen molar-refractivity contribution < 1.29 is 47.0 Å². The molecule has 0 saturated heterocycles. The van der Waals surface area contributed by atoms with Crippen LogP contribution in [0.4, 0.5) is 0 Å². The molecule has 1 aliphatic carbocycles. The standard InChI is InChI=1S/C12H11Si.C9H7.CH3NO.2ClH.Ti/c1-3-7-11(8-4-1)13-12-9-5-2-6-10-12;1-2-5-9-7-3-6-8(9)4-1;2-1-3;;;/h1-10,13H;1-7H;1H,(H2,2,3);2*1H;/q;;;;;+3/p-3. The third kappa shape index (κ3) is 4.68. The molecule has 0 heterocycles. The predicted octanol–water partition coefficient (Wildman–Crippen LogP) is -3.42. The van der Waals surface area contributed by atoms with E-state index in [9.17, 15) is 4.79 Å². The number of carbonyl (C=O) groups excluding carboxylic acids is 1. The molecule has 1 amide bonds. The number of nitrogens with one attached hydrogen (secondary N) is 1. The number of benzene rings is 3. The maximum absolute atomic E-state index is 11.6. The van der Waals surface area contributed by atoms with Crippen molar-refractivity contribution in [3.63, 3.8) is 0 Å². The third-order valence-electron chi connectivity index (χ3n) is 4.94. The number of amides is 1. The normalized spacial score (nSPS) is 13.8. The monoisotopic (exact) mass is 460 g/mol. The van der Waals surface area contributed by atoms with Gasteiger partial charge >= 0.3 is 162 Å². The van der Waals surface area contributed by atoms with E-state index >= 15 is 0 Å². The fraction of sp³-hybridized carbons (Fsp3) is 0.0455. The van der Waals surface area contributed by atoms with Crippen LogP contribution in [0.1, 0.15) is 15.3 Å². The molecule has 141 valence electrons. The molecule has 0 fully saturated rings. The quantitative estimate of drug-likeness (QED) is 0.301. The van der Waals surface area contributed by atoms with Gasteiger partial charge in [0, 0.05) is 0 Å². The molecular formula is C22H20Cl2NOSiTi. The topological polar surface area (TPSA) is 29.1 Å². The summed E-state index contributed by atoms with van der Waals surface area (Å²) in [4.78, 5) is 11.6. The van der Waals surface area contributed by atoms with Gasteiger partial charge in [-0.05, 0) is 0 Å².